The Hall–Kier alpha value is -4.25. The lowest BCUT2D eigenvalue weighted by molar-refractivity contribution is -0.178. The van der Waals surface area contributed by atoms with Gasteiger partial charge in [-0.3, -0.25) is 19.2 Å². The highest BCUT2D eigenvalue weighted by Gasteiger charge is 2.44. The van der Waals surface area contributed by atoms with E-state index in [0.29, 0.717) is 31.0 Å². The maximum atomic E-state index is 13.8. The normalized spacial score (nSPS) is 15.9. The third-order valence-corrected chi connectivity index (χ3v) is 7.64. The molecule has 0 bridgehead atoms. The molecule has 1 N–H and O–H groups in total. The van der Waals surface area contributed by atoms with E-state index in [1.807, 2.05) is 66.9 Å². The van der Waals surface area contributed by atoms with Gasteiger partial charge in [-0.15, -0.1) is 11.3 Å². The summed E-state index contributed by atoms with van der Waals surface area (Å²) in [4.78, 5) is 57.4. The van der Waals surface area contributed by atoms with Crippen molar-refractivity contribution in [3.05, 3.63) is 81.8 Å². The van der Waals surface area contributed by atoms with Crippen LogP contribution in [-0.2, 0) is 41.6 Å². The highest BCUT2D eigenvalue weighted by Crippen LogP contribution is 2.33. The lowest BCUT2D eigenvalue weighted by Gasteiger charge is -2.31. The lowest BCUT2D eigenvalue weighted by Crippen LogP contribution is -2.53. The van der Waals surface area contributed by atoms with Gasteiger partial charge < -0.3 is 24.4 Å². The first-order chi connectivity index (χ1) is 20.3. The number of carbonyl (C=O) groups excluding carboxylic acids is 4. The molecule has 1 aliphatic heterocycles. The van der Waals surface area contributed by atoms with Gasteiger partial charge in [-0.1, -0.05) is 48.5 Å². The third kappa shape index (κ3) is 7.94. The van der Waals surface area contributed by atoms with Crippen LogP contribution in [0.4, 0.5) is 0 Å². The number of ether oxygens (including phenoxy) is 3. The number of carbonyl (C=O) groups is 4. The van der Waals surface area contributed by atoms with Gasteiger partial charge in [0.25, 0.3) is 11.8 Å². The second kappa shape index (κ2) is 14.6. The molecule has 4 rings (SSSR count). The molecule has 3 atom stereocenters. The van der Waals surface area contributed by atoms with Crippen molar-refractivity contribution in [3.63, 3.8) is 0 Å². The number of nitrogens with zero attached hydrogens (tertiary/aromatic N) is 2. The molecule has 222 valence electrons. The molecule has 0 saturated carbocycles. The minimum absolute atomic E-state index is 0.0334. The predicted octanol–water partition coefficient (Wildman–Crippen LogP) is 3.98. The molecule has 1 unspecified atom stereocenters. The summed E-state index contributed by atoms with van der Waals surface area (Å²) in [6.07, 6.45) is -1.30. The Morgan fingerprint density at radius 2 is 1.69 bits per heavy atom. The number of para-hydroxylation sites is 1. The van der Waals surface area contributed by atoms with Crippen molar-refractivity contribution >= 4 is 35.1 Å². The fraction of sp³-hybridized carbons (Fsp3) is 0.387. The van der Waals surface area contributed by atoms with Gasteiger partial charge in [0.2, 0.25) is 12.2 Å². The van der Waals surface area contributed by atoms with Gasteiger partial charge in [0.05, 0.1) is 24.9 Å². The molecule has 42 heavy (non-hydrogen) atoms. The van der Waals surface area contributed by atoms with Crippen molar-refractivity contribution in [1.29, 1.82) is 0 Å². The fourth-order valence-corrected chi connectivity index (χ4v) is 5.72. The Labute approximate surface area is 249 Å². The molecule has 2 heterocycles. The Bertz CT molecular complexity index is 1390. The van der Waals surface area contributed by atoms with Crippen LogP contribution in [0.5, 0.6) is 5.75 Å². The topological polar surface area (TPSA) is 124 Å². The fourth-order valence-electron chi connectivity index (χ4n) is 4.98. The predicted molar refractivity (Wildman–Crippen MR) is 156 cm³/mol. The summed E-state index contributed by atoms with van der Waals surface area (Å²) in [5.41, 5.74) is 2.73. The minimum atomic E-state index is -1.67. The van der Waals surface area contributed by atoms with E-state index in [0.717, 1.165) is 42.8 Å². The average molecular weight is 594 g/mol. The molecule has 3 aromatic rings. The molecule has 1 aliphatic rings. The average Bonchev–Trinajstić information content (AvgIpc) is 3.65. The van der Waals surface area contributed by atoms with E-state index in [4.69, 9.17) is 14.2 Å². The number of rotatable bonds is 12. The van der Waals surface area contributed by atoms with Crippen LogP contribution >= 0.6 is 11.3 Å². The standard InChI is InChI=1S/C31H35N3O7S/c1-4-39-26-15-9-8-13-23(26)17-24-19-42-27(33-24)18-32-30(37)28(40-20(2)35)29(41-21(3)36)31(38)34-16-10-14-25(34)22-11-6-5-7-12-22/h5-9,11-13,15,19,25,28-29H,4,10,14,16-18H2,1-3H3,(H,32,37)/t25?,28-,29-/m1/s1. The zero-order valence-corrected chi connectivity index (χ0v) is 24.7. The van der Waals surface area contributed by atoms with Crippen LogP contribution in [-0.4, -0.2) is 59.0 Å². The second-order valence-corrected chi connectivity index (χ2v) is 10.8. The molecule has 11 heteroatoms. The Morgan fingerprint density at radius 1 is 1.00 bits per heavy atom. The van der Waals surface area contributed by atoms with Crippen molar-refractivity contribution < 1.29 is 33.4 Å². The summed E-state index contributed by atoms with van der Waals surface area (Å²) >= 11 is 1.36. The molecule has 2 aromatic carbocycles. The van der Waals surface area contributed by atoms with Gasteiger partial charge in [0, 0.05) is 37.8 Å². The summed E-state index contributed by atoms with van der Waals surface area (Å²) in [5, 5.41) is 5.22. The zero-order chi connectivity index (χ0) is 30.1. The maximum Gasteiger partial charge on any atom is 0.303 e. The molecule has 0 aliphatic carbocycles. The van der Waals surface area contributed by atoms with Crippen molar-refractivity contribution in [3.8, 4) is 5.75 Å². The largest absolute Gasteiger partial charge is 0.494 e. The molecule has 0 radical (unpaired) electrons. The monoisotopic (exact) mass is 593 g/mol. The summed E-state index contributed by atoms with van der Waals surface area (Å²) < 4.78 is 16.4. The van der Waals surface area contributed by atoms with E-state index in [1.54, 1.807) is 4.90 Å². The number of benzene rings is 2. The number of likely N-dealkylation sites (tertiary alicyclic amines) is 1. The Balaban J connectivity index is 1.48. The molecular formula is C31H35N3O7S. The molecule has 10 nitrogen and oxygen atoms in total. The van der Waals surface area contributed by atoms with E-state index >= 15 is 0 Å². The highest BCUT2D eigenvalue weighted by molar-refractivity contribution is 7.09. The number of aromatic nitrogens is 1. The lowest BCUT2D eigenvalue weighted by atomic mass is 10.0. The SMILES string of the molecule is CCOc1ccccc1Cc1csc(CNC(=O)[C@H](OC(C)=O)[C@@H](OC(C)=O)C(=O)N2CCCC2c2ccccc2)n1. The number of thiazole rings is 1. The van der Waals surface area contributed by atoms with Crippen molar-refractivity contribution in [2.24, 2.45) is 0 Å². The molecule has 1 fully saturated rings. The van der Waals surface area contributed by atoms with Crippen LogP contribution in [0.3, 0.4) is 0 Å². The zero-order valence-electron chi connectivity index (χ0n) is 23.9. The summed E-state index contributed by atoms with van der Waals surface area (Å²) in [6.45, 7) is 5.20. The van der Waals surface area contributed by atoms with Gasteiger partial charge in [0.1, 0.15) is 10.8 Å². The van der Waals surface area contributed by atoms with Crippen LogP contribution in [0.2, 0.25) is 0 Å². The van der Waals surface area contributed by atoms with Crippen LogP contribution in [0.1, 0.15) is 61.5 Å². The molecule has 1 saturated heterocycles. The van der Waals surface area contributed by atoms with E-state index in [9.17, 15) is 19.2 Å². The van der Waals surface area contributed by atoms with Crippen LogP contribution in [0.15, 0.2) is 60.0 Å². The van der Waals surface area contributed by atoms with Crippen molar-refractivity contribution in [1.82, 2.24) is 15.2 Å². The van der Waals surface area contributed by atoms with Crippen LogP contribution in [0, 0.1) is 0 Å². The first-order valence-electron chi connectivity index (χ1n) is 13.9. The number of hydrogen-bond acceptors (Lipinski definition) is 9. The molecular weight excluding hydrogens is 558 g/mol. The second-order valence-electron chi connectivity index (χ2n) is 9.83. The first kappa shape index (κ1) is 30.7. The number of hydrogen-bond donors (Lipinski definition) is 1. The van der Waals surface area contributed by atoms with E-state index < -0.39 is 36.0 Å². The van der Waals surface area contributed by atoms with Crippen molar-refractivity contribution in [2.45, 2.75) is 64.8 Å². The third-order valence-electron chi connectivity index (χ3n) is 6.74. The molecule has 1 aromatic heterocycles. The summed E-state index contributed by atoms with van der Waals surface area (Å²) in [7, 11) is 0. The van der Waals surface area contributed by atoms with E-state index in [2.05, 4.69) is 10.3 Å². The highest BCUT2D eigenvalue weighted by atomic mass is 32.1. The van der Waals surface area contributed by atoms with Crippen LogP contribution < -0.4 is 10.1 Å². The summed E-state index contributed by atoms with van der Waals surface area (Å²) in [5.74, 6) is -2.13. The van der Waals surface area contributed by atoms with Crippen LogP contribution in [0.25, 0.3) is 0 Å². The number of amides is 2. The van der Waals surface area contributed by atoms with E-state index in [-0.39, 0.29) is 12.6 Å². The number of nitrogens with one attached hydrogen (secondary N) is 1. The number of esters is 2. The quantitative estimate of drug-likeness (QED) is 0.313. The maximum absolute atomic E-state index is 13.8. The van der Waals surface area contributed by atoms with Gasteiger partial charge in [-0.05, 0) is 31.4 Å². The van der Waals surface area contributed by atoms with Crippen molar-refractivity contribution in [2.75, 3.05) is 13.2 Å². The first-order valence-corrected chi connectivity index (χ1v) is 14.8. The molecule has 2 amide bonds. The van der Waals surface area contributed by atoms with Gasteiger partial charge >= 0.3 is 11.9 Å². The van der Waals surface area contributed by atoms with E-state index in [1.165, 1.54) is 11.3 Å². The smallest absolute Gasteiger partial charge is 0.303 e. The summed E-state index contributed by atoms with van der Waals surface area (Å²) in [6, 6.07) is 17.0. The van der Waals surface area contributed by atoms with Gasteiger partial charge in [-0.25, -0.2) is 4.98 Å². The van der Waals surface area contributed by atoms with Gasteiger partial charge in [-0.2, -0.15) is 0 Å². The minimum Gasteiger partial charge on any atom is -0.494 e. The Kier molecular flexibility index (Phi) is 10.7. The molecule has 0 spiro atoms. The van der Waals surface area contributed by atoms with Gasteiger partial charge in [0.15, 0.2) is 0 Å². The Morgan fingerprint density at radius 3 is 2.40 bits per heavy atom.